The van der Waals surface area contributed by atoms with E-state index in [0.29, 0.717) is 54.4 Å². The minimum Gasteiger partial charge on any atom is -0.493 e. The Morgan fingerprint density at radius 3 is 2.74 bits per heavy atom. The maximum absolute atomic E-state index is 13.0. The van der Waals surface area contributed by atoms with Crippen LogP contribution in [0.25, 0.3) is 11.0 Å². The van der Waals surface area contributed by atoms with E-state index in [4.69, 9.17) is 25.8 Å². The van der Waals surface area contributed by atoms with Crippen molar-refractivity contribution in [2.75, 3.05) is 32.2 Å². The third-order valence-corrected chi connectivity index (χ3v) is 4.98. The number of hydrogen-bond acceptors (Lipinski definition) is 5. The van der Waals surface area contributed by atoms with Crippen LogP contribution in [-0.2, 0) is 11.3 Å². The van der Waals surface area contributed by atoms with E-state index >= 15 is 0 Å². The van der Waals surface area contributed by atoms with Gasteiger partial charge in [0.1, 0.15) is 0 Å². The second kappa shape index (κ2) is 11.0. The summed E-state index contributed by atoms with van der Waals surface area (Å²) in [5, 5.41) is 3.24. The molecule has 0 unspecified atom stereocenters. The first-order valence-electron chi connectivity index (χ1n) is 10.4. The van der Waals surface area contributed by atoms with E-state index in [2.05, 4.69) is 10.3 Å². The largest absolute Gasteiger partial charge is 0.493 e. The van der Waals surface area contributed by atoms with Gasteiger partial charge in [0.15, 0.2) is 11.5 Å². The predicted octanol–water partition coefficient (Wildman–Crippen LogP) is 5.17. The maximum Gasteiger partial charge on any atom is 0.258 e. The van der Waals surface area contributed by atoms with Gasteiger partial charge in [-0.05, 0) is 44.0 Å². The summed E-state index contributed by atoms with van der Waals surface area (Å²) in [5.41, 5.74) is 2.12. The number of nitrogens with one attached hydrogen (secondary N) is 1. The van der Waals surface area contributed by atoms with E-state index in [0.717, 1.165) is 23.9 Å². The van der Waals surface area contributed by atoms with Crippen molar-refractivity contribution in [1.29, 1.82) is 0 Å². The Bertz CT molecular complexity index is 1040. The SMILES string of the molecule is CCCOc1c(Cl)cc(C(=O)Nc2nc3ccccc3n2CCCOCC)cc1OC. The number of benzene rings is 2. The number of para-hydroxylation sites is 2. The summed E-state index contributed by atoms with van der Waals surface area (Å²) in [4.78, 5) is 17.6. The molecular formula is C23H28ClN3O4. The van der Waals surface area contributed by atoms with E-state index in [1.54, 1.807) is 12.1 Å². The lowest BCUT2D eigenvalue weighted by molar-refractivity contribution is 0.102. The number of rotatable bonds is 11. The molecule has 0 fully saturated rings. The molecule has 31 heavy (non-hydrogen) atoms. The average molecular weight is 446 g/mol. The number of imidazole rings is 1. The molecular weight excluding hydrogens is 418 g/mol. The minimum atomic E-state index is -0.330. The van der Waals surface area contributed by atoms with E-state index in [1.165, 1.54) is 7.11 Å². The quantitative estimate of drug-likeness (QED) is 0.412. The molecule has 0 bridgehead atoms. The van der Waals surface area contributed by atoms with Gasteiger partial charge in [0.25, 0.3) is 5.91 Å². The van der Waals surface area contributed by atoms with E-state index < -0.39 is 0 Å². The fourth-order valence-corrected chi connectivity index (χ4v) is 3.50. The van der Waals surface area contributed by atoms with Crippen LogP contribution in [0.4, 0.5) is 5.95 Å². The number of fused-ring (bicyclic) bond motifs is 1. The summed E-state index contributed by atoms with van der Waals surface area (Å²) < 4.78 is 18.5. The van der Waals surface area contributed by atoms with E-state index in [9.17, 15) is 4.79 Å². The third kappa shape index (κ3) is 5.48. The van der Waals surface area contributed by atoms with Crippen LogP contribution in [0.2, 0.25) is 5.02 Å². The molecule has 0 saturated heterocycles. The molecule has 2 aromatic carbocycles. The standard InChI is InChI=1S/C23H28ClN3O4/c1-4-12-31-21-17(24)14-16(15-20(21)29-3)22(28)26-23-25-18-9-6-7-10-19(18)27(23)11-8-13-30-5-2/h6-7,9-10,14-15H,4-5,8,11-13H2,1-3H3,(H,25,26,28). The number of nitrogens with zero attached hydrogens (tertiary/aromatic N) is 2. The van der Waals surface area contributed by atoms with Gasteiger partial charge in [-0.1, -0.05) is 30.7 Å². The summed E-state index contributed by atoms with van der Waals surface area (Å²) in [6, 6.07) is 11.0. The Labute approximate surface area is 187 Å². The van der Waals surface area contributed by atoms with Crippen LogP contribution in [0.1, 0.15) is 37.0 Å². The van der Waals surface area contributed by atoms with Crippen molar-refractivity contribution in [3.05, 3.63) is 47.0 Å². The molecule has 1 amide bonds. The smallest absolute Gasteiger partial charge is 0.258 e. The number of methoxy groups -OCH3 is 1. The third-order valence-electron chi connectivity index (χ3n) is 4.70. The maximum atomic E-state index is 13.0. The Balaban J connectivity index is 1.86. The van der Waals surface area contributed by atoms with Crippen molar-refractivity contribution in [2.24, 2.45) is 0 Å². The second-order valence-corrected chi connectivity index (χ2v) is 7.33. The zero-order chi connectivity index (χ0) is 22.2. The van der Waals surface area contributed by atoms with Crippen LogP contribution in [0, 0.1) is 0 Å². The molecule has 3 rings (SSSR count). The Hall–Kier alpha value is -2.77. The van der Waals surface area contributed by atoms with Gasteiger partial charge >= 0.3 is 0 Å². The van der Waals surface area contributed by atoms with Crippen LogP contribution in [0.5, 0.6) is 11.5 Å². The minimum absolute atomic E-state index is 0.322. The summed E-state index contributed by atoms with van der Waals surface area (Å²) in [6.07, 6.45) is 1.64. The molecule has 0 saturated carbocycles. The number of anilines is 1. The first kappa shape index (κ1) is 22.9. The number of carbonyl (C=O) groups is 1. The number of ether oxygens (including phenoxy) is 3. The molecule has 0 atom stereocenters. The number of aromatic nitrogens is 2. The molecule has 0 aliphatic rings. The molecule has 1 heterocycles. The zero-order valence-electron chi connectivity index (χ0n) is 18.1. The molecule has 3 aromatic rings. The topological polar surface area (TPSA) is 74.6 Å². The van der Waals surface area contributed by atoms with Crippen molar-refractivity contribution >= 4 is 34.5 Å². The first-order valence-corrected chi connectivity index (χ1v) is 10.8. The van der Waals surface area contributed by atoms with Crippen LogP contribution < -0.4 is 14.8 Å². The zero-order valence-corrected chi connectivity index (χ0v) is 18.9. The lowest BCUT2D eigenvalue weighted by Gasteiger charge is -2.14. The average Bonchev–Trinajstić information content (AvgIpc) is 3.12. The molecule has 0 aliphatic carbocycles. The van der Waals surface area contributed by atoms with Gasteiger partial charge in [-0.25, -0.2) is 4.98 Å². The molecule has 0 aliphatic heterocycles. The Morgan fingerprint density at radius 2 is 2.00 bits per heavy atom. The lowest BCUT2D eigenvalue weighted by atomic mass is 10.2. The van der Waals surface area contributed by atoms with Gasteiger partial charge in [-0.3, -0.25) is 10.1 Å². The van der Waals surface area contributed by atoms with Crippen molar-refractivity contribution in [3.63, 3.8) is 0 Å². The molecule has 1 aromatic heterocycles. The summed E-state index contributed by atoms with van der Waals surface area (Å²) in [6.45, 7) is 6.47. The van der Waals surface area contributed by atoms with Crippen molar-refractivity contribution in [2.45, 2.75) is 33.2 Å². The Kier molecular flexibility index (Phi) is 8.14. The predicted molar refractivity (Wildman–Crippen MR) is 123 cm³/mol. The number of aryl methyl sites for hydroxylation is 1. The van der Waals surface area contributed by atoms with Crippen LogP contribution in [-0.4, -0.2) is 42.4 Å². The van der Waals surface area contributed by atoms with Gasteiger partial charge in [0, 0.05) is 25.3 Å². The van der Waals surface area contributed by atoms with E-state index in [-0.39, 0.29) is 5.91 Å². The van der Waals surface area contributed by atoms with Crippen molar-refractivity contribution < 1.29 is 19.0 Å². The number of hydrogen-bond donors (Lipinski definition) is 1. The highest BCUT2D eigenvalue weighted by atomic mass is 35.5. The number of amides is 1. The molecule has 166 valence electrons. The number of carbonyl (C=O) groups excluding carboxylic acids is 1. The van der Waals surface area contributed by atoms with Gasteiger partial charge in [-0.15, -0.1) is 0 Å². The van der Waals surface area contributed by atoms with Gasteiger partial charge < -0.3 is 18.8 Å². The highest BCUT2D eigenvalue weighted by Crippen LogP contribution is 2.36. The summed E-state index contributed by atoms with van der Waals surface area (Å²) in [7, 11) is 1.52. The van der Waals surface area contributed by atoms with Crippen LogP contribution >= 0.6 is 11.6 Å². The molecule has 0 radical (unpaired) electrons. The molecule has 1 N–H and O–H groups in total. The second-order valence-electron chi connectivity index (χ2n) is 6.92. The van der Waals surface area contributed by atoms with E-state index in [1.807, 2.05) is 42.7 Å². The van der Waals surface area contributed by atoms with Crippen molar-refractivity contribution in [1.82, 2.24) is 9.55 Å². The van der Waals surface area contributed by atoms with Crippen molar-refractivity contribution in [3.8, 4) is 11.5 Å². The highest BCUT2D eigenvalue weighted by molar-refractivity contribution is 6.32. The van der Waals surface area contributed by atoms with Gasteiger partial charge in [0.2, 0.25) is 5.95 Å². The van der Waals surface area contributed by atoms with Gasteiger partial charge in [0.05, 0.1) is 29.8 Å². The fraction of sp³-hybridized carbons (Fsp3) is 0.391. The molecule has 8 heteroatoms. The summed E-state index contributed by atoms with van der Waals surface area (Å²) in [5.74, 6) is 0.995. The molecule has 0 spiro atoms. The van der Waals surface area contributed by atoms with Crippen LogP contribution in [0.15, 0.2) is 36.4 Å². The lowest BCUT2D eigenvalue weighted by Crippen LogP contribution is -2.17. The highest BCUT2D eigenvalue weighted by Gasteiger charge is 2.18. The van der Waals surface area contributed by atoms with Crippen LogP contribution in [0.3, 0.4) is 0 Å². The summed E-state index contributed by atoms with van der Waals surface area (Å²) >= 11 is 6.37. The van der Waals surface area contributed by atoms with Gasteiger partial charge in [-0.2, -0.15) is 0 Å². The fourth-order valence-electron chi connectivity index (χ4n) is 3.24. The normalized spacial score (nSPS) is 11.0. The first-order chi connectivity index (χ1) is 15.1. The Morgan fingerprint density at radius 1 is 1.19 bits per heavy atom. The monoisotopic (exact) mass is 445 g/mol. The number of halogens is 1. The molecule has 7 nitrogen and oxygen atoms in total.